The van der Waals surface area contributed by atoms with E-state index in [-0.39, 0.29) is 16.2 Å². The summed E-state index contributed by atoms with van der Waals surface area (Å²) in [7, 11) is 0. The molecule has 0 aliphatic carbocycles. The fraction of sp³-hybridized carbons (Fsp3) is 0.194. The van der Waals surface area contributed by atoms with Crippen LogP contribution in [-0.2, 0) is 16.2 Å². The van der Waals surface area contributed by atoms with Crippen LogP contribution in [0.15, 0.2) is 194 Å². The van der Waals surface area contributed by atoms with Crippen molar-refractivity contribution in [1.29, 1.82) is 0 Å². The van der Waals surface area contributed by atoms with Crippen molar-refractivity contribution in [3.63, 3.8) is 0 Å². The highest BCUT2D eigenvalue weighted by Gasteiger charge is 2.26. The van der Waals surface area contributed by atoms with Crippen molar-refractivity contribution in [2.75, 3.05) is 4.90 Å². The van der Waals surface area contributed by atoms with Crippen LogP contribution in [0.25, 0.3) is 66.1 Å². The second-order valence-electron chi connectivity index (χ2n) is 20.3. The average molecular weight is 818 g/mol. The number of rotatable bonds is 7. The molecule has 9 aromatic rings. The van der Waals surface area contributed by atoms with Crippen molar-refractivity contribution in [2.24, 2.45) is 0 Å². The van der Waals surface area contributed by atoms with E-state index in [1.165, 1.54) is 82.7 Å². The summed E-state index contributed by atoms with van der Waals surface area (Å²) in [6.07, 6.45) is 0. The first-order chi connectivity index (χ1) is 30.1. The zero-order valence-electron chi connectivity index (χ0n) is 38.4. The van der Waals surface area contributed by atoms with Gasteiger partial charge >= 0.3 is 0 Å². The van der Waals surface area contributed by atoms with Crippen molar-refractivity contribution in [2.45, 2.75) is 78.6 Å². The lowest BCUT2D eigenvalue weighted by atomic mass is 9.78. The van der Waals surface area contributed by atoms with Crippen molar-refractivity contribution in [3.8, 4) is 44.5 Å². The zero-order chi connectivity index (χ0) is 44.1. The largest absolute Gasteiger partial charge is 0.309 e. The van der Waals surface area contributed by atoms with Crippen LogP contribution in [0.1, 0.15) is 79.0 Å². The topological polar surface area (TPSA) is 3.24 Å². The standard InChI is InChI=1S/C62H59N/c1-60(2,3)47-34-37-53(43-20-11-10-12-21-43)58(41-47)63(50-35-32-44(33-36-50)52-28-17-23-42-22-13-14-26-51(42)52)57-31-16-15-27-55(57)56-30-19-25-45-24-18-29-54(59(45)56)46-38-48(61(4,5)6)40-49(39-46)62(7,8)9/h10-41H,1-9H3. The summed E-state index contributed by atoms with van der Waals surface area (Å²) in [5.41, 5.74) is 17.0. The first kappa shape index (κ1) is 41.6. The molecule has 0 aromatic heterocycles. The van der Waals surface area contributed by atoms with Gasteiger partial charge in [-0.15, -0.1) is 0 Å². The quantitative estimate of drug-likeness (QED) is 0.155. The Labute approximate surface area is 375 Å². The Morgan fingerprint density at radius 2 is 0.825 bits per heavy atom. The highest BCUT2D eigenvalue weighted by atomic mass is 15.1. The van der Waals surface area contributed by atoms with Crippen LogP contribution in [0, 0.1) is 0 Å². The van der Waals surface area contributed by atoms with Gasteiger partial charge in [0.25, 0.3) is 0 Å². The first-order valence-corrected chi connectivity index (χ1v) is 22.5. The molecule has 0 saturated carbocycles. The fourth-order valence-corrected chi connectivity index (χ4v) is 9.07. The van der Waals surface area contributed by atoms with Crippen LogP contribution in [0.5, 0.6) is 0 Å². The highest BCUT2D eigenvalue weighted by molar-refractivity contribution is 6.09. The molecule has 0 heterocycles. The van der Waals surface area contributed by atoms with Gasteiger partial charge < -0.3 is 4.90 Å². The predicted octanol–water partition coefficient (Wildman–Crippen LogP) is 18.0. The van der Waals surface area contributed by atoms with Gasteiger partial charge in [-0.2, -0.15) is 0 Å². The molecule has 0 N–H and O–H groups in total. The van der Waals surface area contributed by atoms with E-state index < -0.39 is 0 Å². The number of anilines is 3. The smallest absolute Gasteiger partial charge is 0.0543 e. The van der Waals surface area contributed by atoms with Crippen LogP contribution < -0.4 is 4.90 Å². The van der Waals surface area contributed by atoms with Crippen LogP contribution in [-0.4, -0.2) is 0 Å². The van der Waals surface area contributed by atoms with Gasteiger partial charge in [0.2, 0.25) is 0 Å². The number of hydrogen-bond acceptors (Lipinski definition) is 1. The fourth-order valence-electron chi connectivity index (χ4n) is 9.07. The van der Waals surface area contributed by atoms with E-state index in [1.54, 1.807) is 0 Å². The summed E-state index contributed by atoms with van der Waals surface area (Å²) in [6.45, 7) is 20.9. The molecule has 0 fully saturated rings. The number of hydrogen-bond donors (Lipinski definition) is 0. The maximum atomic E-state index is 2.51. The highest BCUT2D eigenvalue weighted by Crippen LogP contribution is 2.49. The lowest BCUT2D eigenvalue weighted by molar-refractivity contribution is 0.569. The first-order valence-electron chi connectivity index (χ1n) is 22.5. The van der Waals surface area contributed by atoms with E-state index in [4.69, 9.17) is 0 Å². The average Bonchev–Trinajstić information content (AvgIpc) is 3.28. The van der Waals surface area contributed by atoms with Gasteiger partial charge in [-0.05, 0) is 112 Å². The maximum Gasteiger partial charge on any atom is 0.0543 e. The van der Waals surface area contributed by atoms with Crippen LogP contribution in [0.3, 0.4) is 0 Å². The molecule has 0 aliphatic heterocycles. The molecule has 63 heavy (non-hydrogen) atoms. The second-order valence-corrected chi connectivity index (χ2v) is 20.3. The number of benzene rings is 9. The summed E-state index contributed by atoms with van der Waals surface area (Å²) in [6, 6.07) is 72.4. The van der Waals surface area contributed by atoms with Gasteiger partial charge in [-0.1, -0.05) is 232 Å². The Morgan fingerprint density at radius 3 is 1.49 bits per heavy atom. The van der Waals surface area contributed by atoms with E-state index in [9.17, 15) is 0 Å². The van der Waals surface area contributed by atoms with Gasteiger partial charge in [0.1, 0.15) is 0 Å². The van der Waals surface area contributed by atoms with Gasteiger partial charge in [0, 0.05) is 16.8 Å². The van der Waals surface area contributed by atoms with Gasteiger partial charge in [-0.3, -0.25) is 0 Å². The summed E-state index contributed by atoms with van der Waals surface area (Å²) < 4.78 is 0. The molecule has 1 heteroatoms. The number of para-hydroxylation sites is 1. The van der Waals surface area contributed by atoms with E-state index in [2.05, 4.69) is 261 Å². The lowest BCUT2D eigenvalue weighted by Gasteiger charge is -2.32. The van der Waals surface area contributed by atoms with E-state index in [1.807, 2.05) is 0 Å². The maximum absolute atomic E-state index is 2.51. The Hall–Kier alpha value is -6.70. The van der Waals surface area contributed by atoms with E-state index in [0.717, 1.165) is 17.1 Å². The minimum absolute atomic E-state index is 0.00225. The molecule has 9 rings (SSSR count). The third kappa shape index (κ3) is 8.21. The third-order valence-corrected chi connectivity index (χ3v) is 12.7. The summed E-state index contributed by atoms with van der Waals surface area (Å²) in [5, 5.41) is 4.99. The van der Waals surface area contributed by atoms with E-state index >= 15 is 0 Å². The molecule has 0 radical (unpaired) electrons. The Bertz CT molecular complexity index is 3050. The van der Waals surface area contributed by atoms with Crippen molar-refractivity contribution in [3.05, 3.63) is 211 Å². The number of nitrogens with zero attached hydrogens (tertiary/aromatic N) is 1. The van der Waals surface area contributed by atoms with E-state index in [0.29, 0.717) is 0 Å². The summed E-state index contributed by atoms with van der Waals surface area (Å²) >= 11 is 0. The predicted molar refractivity (Wildman–Crippen MR) is 274 cm³/mol. The summed E-state index contributed by atoms with van der Waals surface area (Å²) in [4.78, 5) is 2.51. The molecule has 0 amide bonds. The van der Waals surface area contributed by atoms with Crippen LogP contribution in [0.2, 0.25) is 0 Å². The van der Waals surface area contributed by atoms with Gasteiger partial charge in [-0.25, -0.2) is 0 Å². The SMILES string of the molecule is CC(C)(C)c1cc(-c2cccc3cccc(-c4ccccc4N(c4ccc(-c5cccc6ccccc56)cc4)c4cc(C(C)(C)C)ccc4-c4ccccc4)c23)cc(C(C)(C)C)c1. The zero-order valence-corrected chi connectivity index (χ0v) is 38.4. The molecule has 0 spiro atoms. The second kappa shape index (κ2) is 16.2. The minimum atomic E-state index is -0.0641. The molecule has 0 aliphatic rings. The lowest BCUT2D eigenvalue weighted by Crippen LogP contribution is -2.16. The normalized spacial score (nSPS) is 12.2. The van der Waals surface area contributed by atoms with Crippen LogP contribution >= 0.6 is 0 Å². The summed E-state index contributed by atoms with van der Waals surface area (Å²) in [5.74, 6) is 0. The molecular formula is C62H59N. The molecule has 0 saturated heterocycles. The minimum Gasteiger partial charge on any atom is -0.309 e. The molecule has 0 atom stereocenters. The molecule has 312 valence electrons. The molecular weight excluding hydrogens is 759 g/mol. The van der Waals surface area contributed by atoms with Crippen LogP contribution in [0.4, 0.5) is 17.1 Å². The number of fused-ring (bicyclic) bond motifs is 2. The monoisotopic (exact) mass is 817 g/mol. The van der Waals surface area contributed by atoms with Crippen molar-refractivity contribution in [1.82, 2.24) is 0 Å². The Balaban J connectivity index is 1.32. The Kier molecular flexibility index (Phi) is 10.7. The van der Waals surface area contributed by atoms with Crippen molar-refractivity contribution < 1.29 is 0 Å². The Morgan fingerprint density at radius 1 is 0.302 bits per heavy atom. The molecule has 0 unspecified atom stereocenters. The third-order valence-electron chi connectivity index (χ3n) is 12.7. The van der Waals surface area contributed by atoms with Gasteiger partial charge in [0.15, 0.2) is 0 Å². The van der Waals surface area contributed by atoms with Crippen molar-refractivity contribution >= 4 is 38.6 Å². The molecule has 9 aromatic carbocycles. The molecule has 1 nitrogen and oxygen atoms in total. The van der Waals surface area contributed by atoms with Gasteiger partial charge in [0.05, 0.1) is 11.4 Å². The molecule has 0 bridgehead atoms.